The Hall–Kier alpha value is -0.120. The van der Waals surface area contributed by atoms with Gasteiger partial charge in [-0.1, -0.05) is 84.0 Å². The average Bonchev–Trinajstić information content (AvgIpc) is 2.56. The zero-order chi connectivity index (χ0) is 17.0. The van der Waals surface area contributed by atoms with Crippen LogP contribution in [0.3, 0.4) is 0 Å². The van der Waals surface area contributed by atoms with Gasteiger partial charge in [0.05, 0.1) is 12.7 Å². The normalized spacial score (nSPS) is 12.7. The summed E-state index contributed by atoms with van der Waals surface area (Å²) in [7, 11) is 0. The lowest BCUT2D eigenvalue weighted by molar-refractivity contribution is 0.147. The molecule has 0 rings (SSSR count). The zero-order valence-electron chi connectivity index (χ0n) is 15.7. The third-order valence-electron chi connectivity index (χ3n) is 4.57. The van der Waals surface area contributed by atoms with E-state index in [9.17, 15) is 5.11 Å². The maximum absolute atomic E-state index is 9.91. The Balaban J connectivity index is 3.07. The Labute approximate surface area is 145 Å². The summed E-state index contributed by atoms with van der Waals surface area (Å²) in [5.74, 6) is 0. The number of nitrogens with one attached hydrogen (secondary N) is 1. The Morgan fingerprint density at radius 1 is 0.652 bits per heavy atom. The van der Waals surface area contributed by atoms with Crippen LogP contribution < -0.4 is 5.32 Å². The van der Waals surface area contributed by atoms with Crippen LogP contribution in [0.4, 0.5) is 0 Å². The van der Waals surface area contributed by atoms with Crippen molar-refractivity contribution in [3.05, 3.63) is 0 Å². The molecular formula is C20H43NO2. The summed E-state index contributed by atoms with van der Waals surface area (Å²) in [5.41, 5.74) is 0. The molecule has 0 aromatic carbocycles. The summed E-state index contributed by atoms with van der Waals surface area (Å²) < 4.78 is 0. The fourth-order valence-corrected chi connectivity index (χ4v) is 3.02. The van der Waals surface area contributed by atoms with Crippen molar-refractivity contribution in [2.45, 2.75) is 109 Å². The van der Waals surface area contributed by atoms with Crippen LogP contribution in [0.25, 0.3) is 0 Å². The first-order chi connectivity index (χ1) is 11.3. The van der Waals surface area contributed by atoms with Gasteiger partial charge in [0.1, 0.15) is 0 Å². The van der Waals surface area contributed by atoms with Gasteiger partial charge in [-0.2, -0.15) is 0 Å². The quantitative estimate of drug-likeness (QED) is 0.298. The first kappa shape index (κ1) is 22.9. The minimum Gasteiger partial charge on any atom is -0.395 e. The molecule has 0 saturated carbocycles. The van der Waals surface area contributed by atoms with E-state index in [1.807, 2.05) is 0 Å². The Kier molecular flexibility index (Phi) is 19.8. The molecule has 0 aromatic heterocycles. The molecule has 0 spiro atoms. The van der Waals surface area contributed by atoms with Crippen molar-refractivity contribution in [1.29, 1.82) is 0 Å². The maximum Gasteiger partial charge on any atom is 0.0555 e. The Bertz CT molecular complexity index is 212. The number of aliphatic hydroxyl groups is 2. The first-order valence-corrected chi connectivity index (χ1v) is 10.3. The number of hydrogen-bond donors (Lipinski definition) is 3. The van der Waals surface area contributed by atoms with Gasteiger partial charge in [0.15, 0.2) is 0 Å². The molecule has 3 heteroatoms. The molecular weight excluding hydrogens is 286 g/mol. The molecule has 0 heterocycles. The summed E-state index contributed by atoms with van der Waals surface area (Å²) in [6.07, 6.45) is 18.8. The fourth-order valence-electron chi connectivity index (χ4n) is 3.02. The predicted octanol–water partition coefficient (Wildman–Crippen LogP) is 4.80. The van der Waals surface area contributed by atoms with Crippen molar-refractivity contribution in [3.8, 4) is 0 Å². The van der Waals surface area contributed by atoms with Crippen molar-refractivity contribution >= 4 is 0 Å². The molecule has 0 aromatic rings. The fraction of sp³-hybridized carbons (Fsp3) is 1.00. The number of aliphatic hydroxyl groups excluding tert-OH is 2. The molecule has 0 amide bonds. The van der Waals surface area contributed by atoms with Gasteiger partial charge in [-0.25, -0.2) is 0 Å². The highest BCUT2D eigenvalue weighted by Gasteiger charge is 2.03. The monoisotopic (exact) mass is 329 g/mol. The second-order valence-corrected chi connectivity index (χ2v) is 6.95. The molecule has 140 valence electrons. The molecule has 3 N–H and O–H groups in total. The molecule has 3 nitrogen and oxygen atoms in total. The molecule has 23 heavy (non-hydrogen) atoms. The zero-order valence-corrected chi connectivity index (χ0v) is 15.7. The first-order valence-electron chi connectivity index (χ1n) is 10.3. The highest BCUT2D eigenvalue weighted by molar-refractivity contribution is 4.57. The van der Waals surface area contributed by atoms with Crippen molar-refractivity contribution in [3.63, 3.8) is 0 Å². The summed E-state index contributed by atoms with van der Waals surface area (Å²) in [6, 6.07) is 0. The molecule has 0 aliphatic rings. The second kappa shape index (κ2) is 19.9. The van der Waals surface area contributed by atoms with Crippen LogP contribution in [0, 0.1) is 0 Å². The lowest BCUT2D eigenvalue weighted by Crippen LogP contribution is -2.19. The number of hydrogen-bond acceptors (Lipinski definition) is 3. The largest absolute Gasteiger partial charge is 0.395 e. The molecule has 0 aliphatic carbocycles. The SMILES string of the molecule is CCCCCCC(O)CCCCCCCCCCCNCCO. The van der Waals surface area contributed by atoms with E-state index in [1.54, 1.807) is 0 Å². The highest BCUT2D eigenvalue weighted by atomic mass is 16.3. The van der Waals surface area contributed by atoms with Crippen LogP contribution in [0.2, 0.25) is 0 Å². The van der Waals surface area contributed by atoms with Crippen LogP contribution in [-0.4, -0.2) is 36.0 Å². The van der Waals surface area contributed by atoms with Crippen molar-refractivity contribution in [2.24, 2.45) is 0 Å². The van der Waals surface area contributed by atoms with Crippen molar-refractivity contribution in [1.82, 2.24) is 5.32 Å². The standard InChI is InChI=1S/C20H43NO2/c1-2-3-4-12-15-20(23)16-13-10-8-6-5-7-9-11-14-17-21-18-19-22/h20-23H,2-19H2,1H3. The van der Waals surface area contributed by atoms with Gasteiger partial charge in [0.25, 0.3) is 0 Å². The second-order valence-electron chi connectivity index (χ2n) is 6.95. The minimum atomic E-state index is -0.0497. The van der Waals surface area contributed by atoms with E-state index < -0.39 is 0 Å². The average molecular weight is 330 g/mol. The predicted molar refractivity (Wildman–Crippen MR) is 101 cm³/mol. The third kappa shape index (κ3) is 19.8. The smallest absolute Gasteiger partial charge is 0.0555 e. The van der Waals surface area contributed by atoms with Gasteiger partial charge < -0.3 is 15.5 Å². The van der Waals surface area contributed by atoms with Crippen LogP contribution >= 0.6 is 0 Å². The highest BCUT2D eigenvalue weighted by Crippen LogP contribution is 2.14. The van der Waals surface area contributed by atoms with E-state index in [0.717, 1.165) is 25.9 Å². The third-order valence-corrected chi connectivity index (χ3v) is 4.57. The van der Waals surface area contributed by atoms with E-state index >= 15 is 0 Å². The van der Waals surface area contributed by atoms with Gasteiger partial charge in [0.2, 0.25) is 0 Å². The van der Waals surface area contributed by atoms with Crippen LogP contribution in [-0.2, 0) is 0 Å². The van der Waals surface area contributed by atoms with Gasteiger partial charge >= 0.3 is 0 Å². The topological polar surface area (TPSA) is 52.5 Å². The number of rotatable bonds is 19. The van der Waals surface area contributed by atoms with Gasteiger partial charge in [-0.3, -0.25) is 0 Å². The Morgan fingerprint density at radius 2 is 1.13 bits per heavy atom. The molecule has 0 bridgehead atoms. The van der Waals surface area contributed by atoms with E-state index in [0.29, 0.717) is 0 Å². The summed E-state index contributed by atoms with van der Waals surface area (Å²) in [4.78, 5) is 0. The molecule has 0 aliphatic heterocycles. The van der Waals surface area contributed by atoms with E-state index in [1.165, 1.54) is 83.5 Å². The van der Waals surface area contributed by atoms with E-state index in [2.05, 4.69) is 12.2 Å². The summed E-state index contributed by atoms with van der Waals surface area (Å²) in [5, 5.41) is 21.8. The van der Waals surface area contributed by atoms with Gasteiger partial charge in [-0.05, 0) is 25.8 Å². The summed E-state index contributed by atoms with van der Waals surface area (Å²) >= 11 is 0. The maximum atomic E-state index is 9.91. The lowest BCUT2D eigenvalue weighted by Gasteiger charge is -2.10. The van der Waals surface area contributed by atoms with Gasteiger partial charge in [0, 0.05) is 6.54 Å². The van der Waals surface area contributed by atoms with Crippen LogP contribution in [0.5, 0.6) is 0 Å². The van der Waals surface area contributed by atoms with E-state index in [4.69, 9.17) is 5.11 Å². The Morgan fingerprint density at radius 3 is 1.65 bits per heavy atom. The molecule has 0 radical (unpaired) electrons. The summed E-state index contributed by atoms with van der Waals surface area (Å²) in [6.45, 7) is 4.25. The van der Waals surface area contributed by atoms with Crippen LogP contribution in [0.15, 0.2) is 0 Å². The van der Waals surface area contributed by atoms with Crippen molar-refractivity contribution in [2.75, 3.05) is 19.7 Å². The molecule has 1 atom stereocenters. The van der Waals surface area contributed by atoms with Crippen LogP contribution in [0.1, 0.15) is 103 Å². The number of unbranched alkanes of at least 4 members (excludes halogenated alkanes) is 11. The lowest BCUT2D eigenvalue weighted by atomic mass is 10.0. The van der Waals surface area contributed by atoms with E-state index in [-0.39, 0.29) is 12.7 Å². The van der Waals surface area contributed by atoms with Crippen molar-refractivity contribution < 1.29 is 10.2 Å². The van der Waals surface area contributed by atoms with Gasteiger partial charge in [-0.15, -0.1) is 0 Å². The molecule has 0 saturated heterocycles. The molecule has 0 fully saturated rings. The minimum absolute atomic E-state index is 0.0497. The molecule has 1 unspecified atom stereocenters.